The van der Waals surface area contributed by atoms with Crippen LogP contribution in [0.3, 0.4) is 0 Å². The van der Waals surface area contributed by atoms with Gasteiger partial charge >= 0.3 is 5.97 Å². The summed E-state index contributed by atoms with van der Waals surface area (Å²) in [6.45, 7) is 5.39. The molecule has 4 heteroatoms. The highest BCUT2D eigenvalue weighted by atomic mass is 17.2. The summed E-state index contributed by atoms with van der Waals surface area (Å²) >= 11 is 0. The molecule has 0 unspecified atom stereocenters. The van der Waals surface area contributed by atoms with Crippen molar-refractivity contribution in [2.75, 3.05) is 7.11 Å². The van der Waals surface area contributed by atoms with Gasteiger partial charge in [0.1, 0.15) is 11.4 Å². The van der Waals surface area contributed by atoms with Crippen molar-refractivity contribution in [1.82, 2.24) is 0 Å². The first kappa shape index (κ1) is 12.5. The molecule has 1 aromatic carbocycles. The molecular weight excluding hydrogens is 208 g/mol. The van der Waals surface area contributed by atoms with Crippen molar-refractivity contribution in [1.29, 1.82) is 0 Å². The van der Waals surface area contributed by atoms with Gasteiger partial charge in [-0.25, -0.2) is 4.79 Å². The standard InChI is InChI=1S/C12H16O4/c1-12(2,3)16-15-11(13)9-6-5-7-10(8-9)14-4/h5-8H,1-4H3. The molecule has 0 amide bonds. The summed E-state index contributed by atoms with van der Waals surface area (Å²) < 4.78 is 5.00. The lowest BCUT2D eigenvalue weighted by Gasteiger charge is -2.16. The van der Waals surface area contributed by atoms with E-state index in [1.165, 1.54) is 7.11 Å². The molecule has 0 aliphatic heterocycles. The third kappa shape index (κ3) is 3.90. The maximum atomic E-state index is 11.6. The minimum absolute atomic E-state index is 0.392. The van der Waals surface area contributed by atoms with E-state index < -0.39 is 11.6 Å². The highest BCUT2D eigenvalue weighted by molar-refractivity contribution is 5.89. The molecule has 1 rings (SSSR count). The molecule has 0 atom stereocenters. The van der Waals surface area contributed by atoms with Crippen molar-refractivity contribution in [3.8, 4) is 5.75 Å². The van der Waals surface area contributed by atoms with Crippen molar-refractivity contribution in [3.05, 3.63) is 29.8 Å². The molecule has 0 fully saturated rings. The van der Waals surface area contributed by atoms with Gasteiger partial charge < -0.3 is 4.74 Å². The summed E-state index contributed by atoms with van der Waals surface area (Å²) in [5.74, 6) is 0.0685. The van der Waals surface area contributed by atoms with Gasteiger partial charge in [0.25, 0.3) is 0 Å². The lowest BCUT2D eigenvalue weighted by molar-refractivity contribution is -0.301. The molecule has 16 heavy (non-hydrogen) atoms. The average molecular weight is 224 g/mol. The van der Waals surface area contributed by atoms with Crippen LogP contribution >= 0.6 is 0 Å². The molecule has 0 aliphatic rings. The van der Waals surface area contributed by atoms with Crippen molar-refractivity contribution in [3.63, 3.8) is 0 Å². The van der Waals surface area contributed by atoms with Crippen LogP contribution in [-0.4, -0.2) is 18.7 Å². The number of carbonyl (C=O) groups excluding carboxylic acids is 1. The second-order valence-electron chi connectivity index (χ2n) is 4.30. The molecule has 0 spiro atoms. The van der Waals surface area contributed by atoms with Crippen molar-refractivity contribution in [2.45, 2.75) is 26.4 Å². The number of rotatable bonds is 3. The SMILES string of the molecule is COc1cccc(C(=O)OOC(C)(C)C)c1. The van der Waals surface area contributed by atoms with Crippen LogP contribution in [0, 0.1) is 0 Å². The monoisotopic (exact) mass is 224 g/mol. The highest BCUT2D eigenvalue weighted by Crippen LogP contribution is 2.15. The largest absolute Gasteiger partial charge is 0.497 e. The molecule has 88 valence electrons. The summed E-state index contributed by atoms with van der Waals surface area (Å²) in [4.78, 5) is 21.2. The van der Waals surface area contributed by atoms with Gasteiger partial charge in [0, 0.05) is 0 Å². The van der Waals surface area contributed by atoms with Crippen molar-refractivity contribution >= 4 is 5.97 Å². The van der Waals surface area contributed by atoms with Crippen LogP contribution in [0.2, 0.25) is 0 Å². The minimum Gasteiger partial charge on any atom is -0.497 e. The van der Waals surface area contributed by atoms with E-state index >= 15 is 0 Å². The van der Waals surface area contributed by atoms with Gasteiger partial charge in [0.05, 0.1) is 12.7 Å². The maximum absolute atomic E-state index is 11.6. The molecule has 0 saturated carbocycles. The fourth-order valence-electron chi connectivity index (χ4n) is 0.961. The average Bonchev–Trinajstić information content (AvgIpc) is 2.25. The Kier molecular flexibility index (Phi) is 3.90. The van der Waals surface area contributed by atoms with Crippen LogP contribution in [0.15, 0.2) is 24.3 Å². The minimum atomic E-state index is -0.533. The van der Waals surface area contributed by atoms with Crippen LogP contribution in [0.4, 0.5) is 0 Å². The Morgan fingerprint density at radius 2 is 1.94 bits per heavy atom. The van der Waals surface area contributed by atoms with E-state index in [4.69, 9.17) is 14.5 Å². The normalized spacial score (nSPS) is 11.0. The van der Waals surface area contributed by atoms with Crippen LogP contribution in [0.1, 0.15) is 31.1 Å². The molecule has 0 bridgehead atoms. The Morgan fingerprint density at radius 1 is 1.25 bits per heavy atom. The number of hydrogen-bond donors (Lipinski definition) is 0. The van der Waals surface area contributed by atoms with Crippen molar-refractivity contribution < 1.29 is 19.3 Å². The second-order valence-corrected chi connectivity index (χ2v) is 4.30. The Balaban J connectivity index is 2.66. The van der Waals surface area contributed by atoms with E-state index in [9.17, 15) is 4.79 Å². The van der Waals surface area contributed by atoms with E-state index in [-0.39, 0.29) is 0 Å². The second kappa shape index (κ2) is 4.99. The fraction of sp³-hybridized carbons (Fsp3) is 0.417. The zero-order valence-electron chi connectivity index (χ0n) is 9.94. The number of ether oxygens (including phenoxy) is 1. The lowest BCUT2D eigenvalue weighted by atomic mass is 10.2. The van der Waals surface area contributed by atoms with E-state index in [1.54, 1.807) is 45.0 Å². The van der Waals surface area contributed by atoms with E-state index in [0.29, 0.717) is 11.3 Å². The first-order chi connectivity index (χ1) is 7.42. The highest BCUT2D eigenvalue weighted by Gasteiger charge is 2.16. The van der Waals surface area contributed by atoms with Gasteiger partial charge in [0.15, 0.2) is 0 Å². The van der Waals surface area contributed by atoms with Crippen LogP contribution in [-0.2, 0) is 9.78 Å². The van der Waals surface area contributed by atoms with Gasteiger partial charge in [-0.15, -0.1) is 0 Å². The Hall–Kier alpha value is -1.55. The summed E-state index contributed by atoms with van der Waals surface area (Å²) in [7, 11) is 1.54. The van der Waals surface area contributed by atoms with Crippen molar-refractivity contribution in [2.24, 2.45) is 0 Å². The summed E-state index contributed by atoms with van der Waals surface area (Å²) in [6.07, 6.45) is 0. The predicted octanol–water partition coefficient (Wildman–Crippen LogP) is 2.58. The molecular formula is C12H16O4. The third-order valence-electron chi connectivity index (χ3n) is 1.67. The van der Waals surface area contributed by atoms with Gasteiger partial charge in [-0.2, -0.15) is 4.89 Å². The third-order valence-corrected chi connectivity index (χ3v) is 1.67. The molecule has 0 saturated heterocycles. The number of benzene rings is 1. The van der Waals surface area contributed by atoms with Crippen LogP contribution in [0.25, 0.3) is 0 Å². The molecule has 0 heterocycles. The first-order valence-electron chi connectivity index (χ1n) is 4.96. The van der Waals surface area contributed by atoms with Crippen LogP contribution < -0.4 is 4.74 Å². The number of methoxy groups -OCH3 is 1. The molecule has 1 aromatic rings. The first-order valence-corrected chi connectivity index (χ1v) is 4.96. The molecule has 4 nitrogen and oxygen atoms in total. The lowest BCUT2D eigenvalue weighted by Crippen LogP contribution is -2.21. The summed E-state index contributed by atoms with van der Waals surface area (Å²) in [6, 6.07) is 6.69. The van der Waals surface area contributed by atoms with Crippen LogP contribution in [0.5, 0.6) is 5.75 Å². The van der Waals surface area contributed by atoms with E-state index in [2.05, 4.69) is 0 Å². The number of carbonyl (C=O) groups is 1. The van der Waals surface area contributed by atoms with E-state index in [1.807, 2.05) is 0 Å². The van der Waals surface area contributed by atoms with Gasteiger partial charge in [-0.3, -0.25) is 4.89 Å². The summed E-state index contributed by atoms with van der Waals surface area (Å²) in [5.41, 5.74) is -0.127. The Morgan fingerprint density at radius 3 is 2.50 bits per heavy atom. The zero-order valence-corrected chi connectivity index (χ0v) is 9.94. The Bertz CT molecular complexity index is 366. The predicted molar refractivity (Wildman–Crippen MR) is 59.2 cm³/mol. The molecule has 0 radical (unpaired) electrons. The van der Waals surface area contributed by atoms with Gasteiger partial charge in [-0.05, 0) is 39.0 Å². The quantitative estimate of drug-likeness (QED) is 0.584. The fourth-order valence-corrected chi connectivity index (χ4v) is 0.961. The molecule has 0 aromatic heterocycles. The van der Waals surface area contributed by atoms with E-state index in [0.717, 1.165) is 0 Å². The smallest absolute Gasteiger partial charge is 0.373 e. The van der Waals surface area contributed by atoms with Gasteiger partial charge in [0.2, 0.25) is 0 Å². The summed E-state index contributed by atoms with van der Waals surface area (Å²) in [5, 5.41) is 0. The van der Waals surface area contributed by atoms with Gasteiger partial charge in [-0.1, -0.05) is 6.07 Å². The number of hydrogen-bond acceptors (Lipinski definition) is 4. The topological polar surface area (TPSA) is 44.8 Å². The maximum Gasteiger partial charge on any atom is 0.373 e. The zero-order chi connectivity index (χ0) is 12.2. The molecule has 0 N–H and O–H groups in total. The molecule has 0 aliphatic carbocycles. The Labute approximate surface area is 95.1 Å².